The van der Waals surface area contributed by atoms with E-state index in [1.54, 1.807) is 6.07 Å². The third-order valence-corrected chi connectivity index (χ3v) is 3.81. The molecule has 0 spiro atoms. The third-order valence-electron chi connectivity index (χ3n) is 3.35. The van der Waals surface area contributed by atoms with Crippen LogP contribution in [0.3, 0.4) is 0 Å². The molecule has 0 bridgehead atoms. The van der Waals surface area contributed by atoms with Crippen molar-refractivity contribution in [2.45, 2.75) is 32.0 Å². The Bertz CT molecular complexity index is 555. The van der Waals surface area contributed by atoms with E-state index < -0.39 is 0 Å². The van der Waals surface area contributed by atoms with Gasteiger partial charge in [-0.3, -0.25) is 0 Å². The monoisotopic (exact) mass is 322 g/mol. The minimum Gasteiger partial charge on any atom is -0.346 e. The van der Waals surface area contributed by atoms with Gasteiger partial charge in [-0.1, -0.05) is 15.9 Å². The average molecular weight is 323 g/mol. The molecule has 0 aliphatic heterocycles. The Labute approximate surface area is 120 Å². The van der Waals surface area contributed by atoms with Gasteiger partial charge in [0, 0.05) is 35.5 Å². The topological polar surface area (TPSA) is 17.0 Å². The van der Waals surface area contributed by atoms with Gasteiger partial charge in [-0.25, -0.2) is 4.39 Å². The molecule has 0 amide bonds. The molecule has 1 aromatic heterocycles. The molecule has 1 aliphatic rings. The number of nitrogens with one attached hydrogen (secondary N) is 1. The van der Waals surface area contributed by atoms with E-state index >= 15 is 0 Å². The van der Waals surface area contributed by atoms with Crippen molar-refractivity contribution in [3.05, 3.63) is 58.1 Å². The molecule has 2 aromatic rings. The first-order valence-corrected chi connectivity index (χ1v) is 7.32. The van der Waals surface area contributed by atoms with Crippen LogP contribution in [-0.2, 0) is 13.1 Å². The van der Waals surface area contributed by atoms with Crippen molar-refractivity contribution in [1.29, 1.82) is 0 Å². The number of nitrogens with zero attached hydrogens (tertiary/aromatic N) is 1. The second kappa shape index (κ2) is 5.47. The van der Waals surface area contributed by atoms with Gasteiger partial charge in [-0.15, -0.1) is 0 Å². The van der Waals surface area contributed by atoms with Gasteiger partial charge in [0.25, 0.3) is 0 Å². The van der Waals surface area contributed by atoms with Crippen molar-refractivity contribution in [2.75, 3.05) is 0 Å². The normalized spacial score (nSPS) is 14.8. The highest BCUT2D eigenvalue weighted by molar-refractivity contribution is 9.10. The lowest BCUT2D eigenvalue weighted by molar-refractivity contribution is 0.615. The van der Waals surface area contributed by atoms with Crippen LogP contribution in [0.4, 0.5) is 4.39 Å². The molecular weight excluding hydrogens is 307 g/mol. The first kappa shape index (κ1) is 12.9. The number of rotatable bonds is 5. The maximum atomic E-state index is 13.4. The van der Waals surface area contributed by atoms with E-state index in [0.717, 1.165) is 16.6 Å². The van der Waals surface area contributed by atoms with Crippen LogP contribution in [0.15, 0.2) is 41.0 Å². The summed E-state index contributed by atoms with van der Waals surface area (Å²) in [5.74, 6) is -0.200. The number of halogens is 2. The lowest BCUT2D eigenvalue weighted by Crippen LogP contribution is -2.18. The molecule has 4 heteroatoms. The van der Waals surface area contributed by atoms with E-state index in [4.69, 9.17) is 0 Å². The maximum absolute atomic E-state index is 13.4. The van der Waals surface area contributed by atoms with E-state index in [0.29, 0.717) is 12.6 Å². The Morgan fingerprint density at radius 1 is 1.32 bits per heavy atom. The highest BCUT2D eigenvalue weighted by Gasteiger charge is 2.20. The first-order valence-electron chi connectivity index (χ1n) is 6.53. The molecule has 2 nitrogen and oxygen atoms in total. The zero-order valence-corrected chi connectivity index (χ0v) is 12.2. The number of benzene rings is 1. The fourth-order valence-corrected chi connectivity index (χ4v) is 2.71. The molecule has 1 saturated carbocycles. The van der Waals surface area contributed by atoms with Crippen molar-refractivity contribution in [2.24, 2.45) is 0 Å². The lowest BCUT2D eigenvalue weighted by Gasteiger charge is -2.10. The molecule has 1 aliphatic carbocycles. The summed E-state index contributed by atoms with van der Waals surface area (Å²) in [6.07, 6.45) is 4.62. The summed E-state index contributed by atoms with van der Waals surface area (Å²) in [5.41, 5.74) is 2.21. The molecule has 100 valence electrons. The first-order chi connectivity index (χ1) is 9.20. The second-order valence-corrected chi connectivity index (χ2v) is 5.98. The Morgan fingerprint density at radius 3 is 2.89 bits per heavy atom. The summed E-state index contributed by atoms with van der Waals surface area (Å²) >= 11 is 3.33. The number of aromatic nitrogens is 1. The SMILES string of the molecule is Fc1cc(Br)cc(Cn2cccc2CNC2CC2)c1. The van der Waals surface area contributed by atoms with E-state index in [1.165, 1.54) is 24.6 Å². The zero-order chi connectivity index (χ0) is 13.2. The molecule has 3 rings (SSSR count). The molecular formula is C15H16BrFN2. The van der Waals surface area contributed by atoms with Crippen molar-refractivity contribution in [3.63, 3.8) is 0 Å². The van der Waals surface area contributed by atoms with Crippen molar-refractivity contribution in [1.82, 2.24) is 9.88 Å². The van der Waals surface area contributed by atoms with Crippen molar-refractivity contribution >= 4 is 15.9 Å². The molecule has 19 heavy (non-hydrogen) atoms. The zero-order valence-electron chi connectivity index (χ0n) is 10.6. The van der Waals surface area contributed by atoms with Gasteiger partial charge >= 0.3 is 0 Å². The number of hydrogen-bond donors (Lipinski definition) is 1. The van der Waals surface area contributed by atoms with Gasteiger partial charge in [-0.05, 0) is 48.7 Å². The second-order valence-electron chi connectivity index (χ2n) is 5.06. The van der Waals surface area contributed by atoms with E-state index in [9.17, 15) is 4.39 Å². The van der Waals surface area contributed by atoms with Crippen LogP contribution in [-0.4, -0.2) is 10.6 Å². The molecule has 0 atom stereocenters. The Balaban J connectivity index is 1.72. The molecule has 0 radical (unpaired) electrons. The Kier molecular flexibility index (Phi) is 3.71. The fraction of sp³-hybridized carbons (Fsp3) is 0.333. The fourth-order valence-electron chi connectivity index (χ4n) is 2.20. The van der Waals surface area contributed by atoms with Crippen LogP contribution < -0.4 is 5.32 Å². The van der Waals surface area contributed by atoms with Crippen LogP contribution in [0, 0.1) is 5.82 Å². The lowest BCUT2D eigenvalue weighted by atomic mass is 10.2. The van der Waals surface area contributed by atoms with Crippen molar-refractivity contribution in [3.8, 4) is 0 Å². The van der Waals surface area contributed by atoms with E-state index in [2.05, 4.69) is 31.9 Å². The van der Waals surface area contributed by atoms with Crippen LogP contribution in [0.5, 0.6) is 0 Å². The minimum absolute atomic E-state index is 0.200. The van der Waals surface area contributed by atoms with E-state index in [1.807, 2.05) is 18.3 Å². The molecule has 1 fully saturated rings. The van der Waals surface area contributed by atoms with Gasteiger partial charge in [-0.2, -0.15) is 0 Å². The van der Waals surface area contributed by atoms with Gasteiger partial charge in [0.1, 0.15) is 5.82 Å². The smallest absolute Gasteiger partial charge is 0.124 e. The van der Waals surface area contributed by atoms with Crippen LogP contribution in [0.25, 0.3) is 0 Å². The highest BCUT2D eigenvalue weighted by Crippen LogP contribution is 2.20. The summed E-state index contributed by atoms with van der Waals surface area (Å²) in [5, 5.41) is 3.50. The summed E-state index contributed by atoms with van der Waals surface area (Å²) < 4.78 is 16.3. The number of hydrogen-bond acceptors (Lipinski definition) is 1. The van der Waals surface area contributed by atoms with Gasteiger partial charge in [0.05, 0.1) is 0 Å². The molecule has 1 aromatic carbocycles. The van der Waals surface area contributed by atoms with Gasteiger partial charge in [0.2, 0.25) is 0 Å². The van der Waals surface area contributed by atoms with Crippen LogP contribution in [0.1, 0.15) is 24.1 Å². The largest absolute Gasteiger partial charge is 0.346 e. The molecule has 1 N–H and O–H groups in total. The molecule has 0 unspecified atom stereocenters. The molecule has 1 heterocycles. The van der Waals surface area contributed by atoms with Gasteiger partial charge < -0.3 is 9.88 Å². The summed E-state index contributed by atoms with van der Waals surface area (Å²) in [7, 11) is 0. The maximum Gasteiger partial charge on any atom is 0.124 e. The quantitative estimate of drug-likeness (QED) is 0.888. The summed E-state index contributed by atoms with van der Waals surface area (Å²) in [6.45, 7) is 1.58. The summed E-state index contributed by atoms with van der Waals surface area (Å²) in [4.78, 5) is 0. The Morgan fingerprint density at radius 2 is 2.16 bits per heavy atom. The van der Waals surface area contributed by atoms with Gasteiger partial charge in [0.15, 0.2) is 0 Å². The van der Waals surface area contributed by atoms with Crippen molar-refractivity contribution < 1.29 is 4.39 Å². The third kappa shape index (κ3) is 3.45. The molecule has 0 saturated heterocycles. The minimum atomic E-state index is -0.200. The predicted octanol–water partition coefficient (Wildman–Crippen LogP) is 3.69. The Hall–Kier alpha value is -1.13. The van der Waals surface area contributed by atoms with E-state index in [-0.39, 0.29) is 5.82 Å². The summed E-state index contributed by atoms with van der Waals surface area (Å²) in [6, 6.07) is 9.88. The van der Waals surface area contributed by atoms with Crippen LogP contribution >= 0.6 is 15.9 Å². The average Bonchev–Trinajstić information content (AvgIpc) is 3.07. The standard InChI is InChI=1S/C15H16BrFN2/c16-12-6-11(7-13(17)8-12)10-19-5-1-2-15(19)9-18-14-3-4-14/h1-2,5-8,14,18H,3-4,9-10H2. The predicted molar refractivity (Wildman–Crippen MR) is 77.5 cm³/mol. The van der Waals surface area contributed by atoms with Crippen LogP contribution in [0.2, 0.25) is 0 Å². The highest BCUT2D eigenvalue weighted by atomic mass is 79.9.